The zero-order valence-electron chi connectivity index (χ0n) is 17.6. The van der Waals surface area contributed by atoms with Crippen molar-refractivity contribution in [3.63, 3.8) is 0 Å². The molecule has 2 aromatic carbocycles. The Balaban J connectivity index is 1.67. The molecule has 0 unspecified atom stereocenters. The maximum atomic E-state index is 14.0. The predicted octanol–water partition coefficient (Wildman–Crippen LogP) is 4.50. The van der Waals surface area contributed by atoms with E-state index in [0.29, 0.717) is 16.3 Å². The fraction of sp³-hybridized carbons (Fsp3) is 0.192. The maximum Gasteiger partial charge on any atom is 0.238 e. The van der Waals surface area contributed by atoms with Crippen molar-refractivity contribution in [1.29, 1.82) is 0 Å². The molecule has 1 N–H and O–H groups in total. The molecular formula is C26H19ClN2O4. The molecule has 6 rings (SSSR count). The molecule has 0 bridgehead atoms. The van der Waals surface area contributed by atoms with Crippen molar-refractivity contribution in [1.82, 2.24) is 0 Å². The Morgan fingerprint density at radius 1 is 1.12 bits per heavy atom. The zero-order chi connectivity index (χ0) is 22.9. The topological polar surface area (TPSA) is 79.6 Å². The first-order valence-electron chi connectivity index (χ1n) is 10.7. The van der Waals surface area contributed by atoms with Gasteiger partial charge in [0, 0.05) is 16.4 Å². The van der Waals surface area contributed by atoms with Gasteiger partial charge in [-0.05, 0) is 54.4 Å². The van der Waals surface area contributed by atoms with Gasteiger partial charge in [-0.3, -0.25) is 14.4 Å². The second-order valence-electron chi connectivity index (χ2n) is 8.66. The van der Waals surface area contributed by atoms with Crippen LogP contribution in [0.25, 0.3) is 6.08 Å². The van der Waals surface area contributed by atoms with Crippen LogP contribution in [0.2, 0.25) is 5.02 Å². The van der Waals surface area contributed by atoms with Crippen LogP contribution in [0, 0.1) is 5.92 Å². The SMILES string of the molecule is CC(=O)[C@@H]1[C@@H](C(=O)c2ccco2)[C@]2(C(=O)Nc3ccccc32)[C@H]2C=Cc3cc(Cl)ccc3N12. The van der Waals surface area contributed by atoms with Gasteiger partial charge in [-0.2, -0.15) is 0 Å². The van der Waals surface area contributed by atoms with Crippen molar-refractivity contribution in [3.8, 4) is 0 Å². The summed E-state index contributed by atoms with van der Waals surface area (Å²) < 4.78 is 5.45. The molecule has 33 heavy (non-hydrogen) atoms. The third-order valence-corrected chi connectivity index (χ3v) is 7.29. The molecule has 1 fully saturated rings. The van der Waals surface area contributed by atoms with Gasteiger partial charge in [0.15, 0.2) is 11.5 Å². The van der Waals surface area contributed by atoms with Crippen LogP contribution >= 0.6 is 11.6 Å². The Morgan fingerprint density at radius 2 is 1.94 bits per heavy atom. The lowest BCUT2D eigenvalue weighted by molar-refractivity contribution is -0.122. The van der Waals surface area contributed by atoms with E-state index in [1.54, 1.807) is 18.2 Å². The van der Waals surface area contributed by atoms with Gasteiger partial charge in [-0.1, -0.05) is 42.0 Å². The molecule has 4 atom stereocenters. The van der Waals surface area contributed by atoms with Crippen LogP contribution in [-0.2, 0) is 15.0 Å². The number of halogens is 1. The van der Waals surface area contributed by atoms with E-state index in [1.807, 2.05) is 53.5 Å². The normalized spacial score (nSPS) is 26.7. The molecule has 1 spiro atoms. The van der Waals surface area contributed by atoms with Gasteiger partial charge in [-0.25, -0.2) is 0 Å². The van der Waals surface area contributed by atoms with Crippen LogP contribution in [0.3, 0.4) is 0 Å². The summed E-state index contributed by atoms with van der Waals surface area (Å²) in [7, 11) is 0. The number of Topliss-reactive ketones (excluding diaryl/α,β-unsaturated/α-hetero) is 2. The Labute approximate surface area is 194 Å². The van der Waals surface area contributed by atoms with E-state index in [1.165, 1.54) is 13.2 Å². The summed E-state index contributed by atoms with van der Waals surface area (Å²) >= 11 is 6.23. The average Bonchev–Trinajstić information content (AvgIpc) is 3.50. The zero-order valence-corrected chi connectivity index (χ0v) is 18.4. The molecule has 7 heteroatoms. The minimum Gasteiger partial charge on any atom is -0.461 e. The molecule has 0 radical (unpaired) electrons. The molecule has 1 aromatic heterocycles. The van der Waals surface area contributed by atoms with Crippen molar-refractivity contribution >= 4 is 46.5 Å². The maximum absolute atomic E-state index is 14.0. The molecule has 4 heterocycles. The molecule has 1 amide bonds. The number of amides is 1. The second-order valence-corrected chi connectivity index (χ2v) is 9.09. The highest BCUT2D eigenvalue weighted by Gasteiger charge is 2.70. The first-order chi connectivity index (χ1) is 15.9. The van der Waals surface area contributed by atoms with E-state index in [-0.39, 0.29) is 23.2 Å². The number of rotatable bonds is 3. The fourth-order valence-corrected chi connectivity index (χ4v) is 6.06. The number of carbonyl (C=O) groups excluding carboxylic acids is 3. The summed E-state index contributed by atoms with van der Waals surface area (Å²) in [6.45, 7) is 1.47. The summed E-state index contributed by atoms with van der Waals surface area (Å²) in [6, 6.07) is 14.6. The molecule has 164 valence electrons. The van der Waals surface area contributed by atoms with Gasteiger partial charge in [0.25, 0.3) is 0 Å². The summed E-state index contributed by atoms with van der Waals surface area (Å²) in [6.07, 6.45) is 5.24. The van der Waals surface area contributed by atoms with Crippen molar-refractivity contribution in [3.05, 3.63) is 88.8 Å². The lowest BCUT2D eigenvalue weighted by Gasteiger charge is -2.37. The monoisotopic (exact) mass is 458 g/mol. The van der Waals surface area contributed by atoms with Crippen LogP contribution in [0.15, 0.2) is 71.4 Å². The van der Waals surface area contributed by atoms with Crippen molar-refractivity contribution < 1.29 is 18.8 Å². The number of hydrogen-bond acceptors (Lipinski definition) is 5. The van der Waals surface area contributed by atoms with Crippen LogP contribution < -0.4 is 10.2 Å². The number of hydrogen-bond donors (Lipinski definition) is 1. The Kier molecular flexibility index (Phi) is 4.20. The van der Waals surface area contributed by atoms with E-state index < -0.39 is 23.4 Å². The van der Waals surface area contributed by atoms with Gasteiger partial charge in [-0.15, -0.1) is 0 Å². The molecule has 1 saturated heterocycles. The third kappa shape index (κ3) is 2.52. The molecule has 3 aliphatic rings. The Morgan fingerprint density at radius 3 is 2.70 bits per heavy atom. The summed E-state index contributed by atoms with van der Waals surface area (Å²) in [4.78, 5) is 42.9. The third-order valence-electron chi connectivity index (χ3n) is 7.06. The number of ketones is 2. The number of nitrogens with one attached hydrogen (secondary N) is 1. The van der Waals surface area contributed by atoms with Crippen LogP contribution in [0.1, 0.15) is 28.6 Å². The van der Waals surface area contributed by atoms with Crippen molar-refractivity contribution in [2.75, 3.05) is 10.2 Å². The highest BCUT2D eigenvalue weighted by Crippen LogP contribution is 2.57. The molecule has 3 aromatic rings. The Bertz CT molecular complexity index is 1360. The van der Waals surface area contributed by atoms with E-state index in [9.17, 15) is 14.4 Å². The second kappa shape index (κ2) is 6.93. The number of para-hydroxylation sites is 1. The number of fused-ring (bicyclic) bond motifs is 6. The highest BCUT2D eigenvalue weighted by molar-refractivity contribution is 6.31. The van der Waals surface area contributed by atoms with Crippen molar-refractivity contribution in [2.45, 2.75) is 24.4 Å². The number of nitrogens with zero attached hydrogens (tertiary/aromatic N) is 1. The largest absolute Gasteiger partial charge is 0.461 e. The van der Waals surface area contributed by atoms with Crippen molar-refractivity contribution in [2.24, 2.45) is 5.92 Å². The lowest BCUT2D eigenvalue weighted by Crippen LogP contribution is -2.51. The van der Waals surface area contributed by atoms with Gasteiger partial charge in [0.05, 0.1) is 24.3 Å². The van der Waals surface area contributed by atoms with E-state index in [0.717, 1.165) is 11.3 Å². The molecule has 0 aliphatic carbocycles. The molecular weight excluding hydrogens is 440 g/mol. The minimum atomic E-state index is -1.30. The summed E-state index contributed by atoms with van der Waals surface area (Å²) in [5, 5.41) is 3.54. The van der Waals surface area contributed by atoms with E-state index in [4.69, 9.17) is 16.0 Å². The molecule has 6 nitrogen and oxygen atoms in total. The fourth-order valence-electron chi connectivity index (χ4n) is 5.88. The standard InChI is InChI=1S/C26H19ClN2O4/c1-14(30)23-22(24(31)20-7-4-12-33-20)26(17-5-2-3-6-18(17)28-25(26)32)21-11-8-15-13-16(27)9-10-19(15)29(21)23/h2-13,21-23H,1H3,(H,28,32)/t21-,22+,23-,26-/m1/s1. The number of anilines is 2. The minimum absolute atomic E-state index is 0.128. The van der Waals surface area contributed by atoms with Gasteiger partial charge in [0.2, 0.25) is 11.7 Å². The number of benzene rings is 2. The summed E-state index contributed by atoms with van der Waals surface area (Å²) in [5.74, 6) is -1.72. The first-order valence-corrected chi connectivity index (χ1v) is 11.1. The Hall–Kier alpha value is -3.64. The first kappa shape index (κ1) is 20.0. The van der Waals surface area contributed by atoms with Gasteiger partial charge < -0.3 is 14.6 Å². The molecule has 3 aliphatic heterocycles. The van der Waals surface area contributed by atoms with Crippen LogP contribution in [0.5, 0.6) is 0 Å². The number of carbonyl (C=O) groups is 3. The average molecular weight is 459 g/mol. The predicted molar refractivity (Wildman–Crippen MR) is 125 cm³/mol. The quantitative estimate of drug-likeness (QED) is 0.585. The van der Waals surface area contributed by atoms with Crippen LogP contribution in [0.4, 0.5) is 11.4 Å². The molecule has 0 saturated carbocycles. The lowest BCUT2D eigenvalue weighted by atomic mass is 9.65. The number of furan rings is 1. The smallest absolute Gasteiger partial charge is 0.238 e. The highest BCUT2D eigenvalue weighted by atomic mass is 35.5. The van der Waals surface area contributed by atoms with E-state index >= 15 is 0 Å². The summed E-state index contributed by atoms with van der Waals surface area (Å²) in [5.41, 5.74) is 1.65. The van der Waals surface area contributed by atoms with Crippen LogP contribution in [-0.4, -0.2) is 29.6 Å². The van der Waals surface area contributed by atoms with E-state index in [2.05, 4.69) is 5.32 Å². The van der Waals surface area contributed by atoms with Gasteiger partial charge in [0.1, 0.15) is 5.41 Å². The van der Waals surface area contributed by atoms with Gasteiger partial charge >= 0.3 is 0 Å².